The Balaban J connectivity index is 2.44. The highest BCUT2D eigenvalue weighted by Gasteiger charge is 2.02. The molecule has 0 aromatic carbocycles. The molecule has 1 aromatic heterocycles. The van der Waals surface area contributed by atoms with Crippen LogP contribution in [0.4, 0.5) is 0 Å². The van der Waals surface area contributed by atoms with Crippen LogP contribution in [-0.2, 0) is 6.42 Å². The van der Waals surface area contributed by atoms with E-state index in [1.165, 1.54) is 16.5 Å². The molecule has 0 aliphatic heterocycles. The highest BCUT2D eigenvalue weighted by atomic mass is 79.9. The maximum Gasteiger partial charge on any atom is 0.0314 e. The lowest BCUT2D eigenvalue weighted by Crippen LogP contribution is -1.92. The third-order valence-corrected chi connectivity index (χ3v) is 3.79. The molecule has 1 aromatic rings. The second-order valence-corrected chi connectivity index (χ2v) is 5.73. The van der Waals surface area contributed by atoms with Crippen LogP contribution in [0.15, 0.2) is 15.2 Å². The predicted molar refractivity (Wildman–Crippen MR) is 58.7 cm³/mol. The summed E-state index contributed by atoms with van der Waals surface area (Å²) in [5, 5.41) is 4.34. The van der Waals surface area contributed by atoms with Gasteiger partial charge in [-0.05, 0) is 39.7 Å². The summed E-state index contributed by atoms with van der Waals surface area (Å²) in [6, 6.07) is 0. The minimum atomic E-state index is 0.620. The minimum absolute atomic E-state index is 0.620. The standard InChI is InChI=1S/C8H10Br2S/c1-6(9)2-3-7-4-11-5-8(7)10/h4-6H,2-3H2,1H3. The first-order valence-corrected chi connectivity index (χ1v) is 6.20. The molecule has 11 heavy (non-hydrogen) atoms. The SMILES string of the molecule is CC(Br)CCc1cscc1Br. The van der Waals surface area contributed by atoms with Gasteiger partial charge in [0.15, 0.2) is 0 Å². The van der Waals surface area contributed by atoms with Crippen LogP contribution in [0.25, 0.3) is 0 Å². The number of hydrogen-bond acceptors (Lipinski definition) is 1. The van der Waals surface area contributed by atoms with E-state index >= 15 is 0 Å². The van der Waals surface area contributed by atoms with Crippen molar-refractivity contribution < 1.29 is 0 Å². The van der Waals surface area contributed by atoms with Crippen LogP contribution in [0.2, 0.25) is 0 Å². The van der Waals surface area contributed by atoms with Crippen molar-refractivity contribution >= 4 is 43.2 Å². The molecule has 0 saturated heterocycles. The molecule has 0 N–H and O–H groups in total. The summed E-state index contributed by atoms with van der Waals surface area (Å²) in [5.74, 6) is 0. The van der Waals surface area contributed by atoms with Crippen LogP contribution in [0, 0.1) is 0 Å². The summed E-state index contributed by atoms with van der Waals surface area (Å²) in [4.78, 5) is 0.620. The maximum atomic E-state index is 3.53. The monoisotopic (exact) mass is 296 g/mol. The Morgan fingerprint density at radius 3 is 2.73 bits per heavy atom. The zero-order valence-electron chi connectivity index (χ0n) is 6.31. The smallest absolute Gasteiger partial charge is 0.0314 e. The Hall–Kier alpha value is 0.660. The number of aryl methyl sites for hydroxylation is 1. The summed E-state index contributed by atoms with van der Waals surface area (Å²) < 4.78 is 1.26. The van der Waals surface area contributed by atoms with Crippen LogP contribution in [0.3, 0.4) is 0 Å². The van der Waals surface area contributed by atoms with Gasteiger partial charge in [-0.25, -0.2) is 0 Å². The first-order valence-electron chi connectivity index (χ1n) is 3.55. The van der Waals surface area contributed by atoms with Crippen LogP contribution in [-0.4, -0.2) is 4.83 Å². The lowest BCUT2D eigenvalue weighted by molar-refractivity contribution is 0.822. The Labute approximate surface area is 88.3 Å². The van der Waals surface area contributed by atoms with Crippen LogP contribution >= 0.6 is 43.2 Å². The molecule has 0 nitrogen and oxygen atoms in total. The van der Waals surface area contributed by atoms with Gasteiger partial charge >= 0.3 is 0 Å². The normalized spacial score (nSPS) is 13.4. The second kappa shape index (κ2) is 4.63. The van der Waals surface area contributed by atoms with E-state index in [0.717, 1.165) is 6.42 Å². The Kier molecular flexibility index (Phi) is 4.10. The van der Waals surface area contributed by atoms with Gasteiger partial charge in [0.1, 0.15) is 0 Å². The highest BCUT2D eigenvalue weighted by Crippen LogP contribution is 2.23. The van der Waals surface area contributed by atoms with Crippen LogP contribution < -0.4 is 0 Å². The van der Waals surface area contributed by atoms with E-state index in [-0.39, 0.29) is 0 Å². The molecule has 0 saturated carbocycles. The molecule has 1 unspecified atom stereocenters. The van der Waals surface area contributed by atoms with Crippen molar-refractivity contribution in [3.05, 3.63) is 20.8 Å². The Bertz CT molecular complexity index is 218. The van der Waals surface area contributed by atoms with E-state index in [9.17, 15) is 0 Å². The van der Waals surface area contributed by atoms with Crippen molar-refractivity contribution in [3.8, 4) is 0 Å². The lowest BCUT2D eigenvalue weighted by Gasteiger charge is -2.00. The van der Waals surface area contributed by atoms with E-state index in [4.69, 9.17) is 0 Å². The van der Waals surface area contributed by atoms with Gasteiger partial charge in [0.2, 0.25) is 0 Å². The van der Waals surface area contributed by atoms with Crippen molar-refractivity contribution in [2.75, 3.05) is 0 Å². The molecule has 0 amide bonds. The van der Waals surface area contributed by atoms with Gasteiger partial charge in [0.25, 0.3) is 0 Å². The molecule has 1 heterocycles. The van der Waals surface area contributed by atoms with Crippen molar-refractivity contribution in [1.29, 1.82) is 0 Å². The molecule has 0 aliphatic rings. The second-order valence-electron chi connectivity index (χ2n) is 2.56. The van der Waals surface area contributed by atoms with E-state index < -0.39 is 0 Å². The maximum absolute atomic E-state index is 3.53. The average Bonchev–Trinajstić information content (AvgIpc) is 2.31. The summed E-state index contributed by atoms with van der Waals surface area (Å²) >= 11 is 8.80. The van der Waals surface area contributed by atoms with Gasteiger partial charge in [-0.3, -0.25) is 0 Å². The molecule has 0 radical (unpaired) electrons. The molecule has 0 aliphatic carbocycles. The number of alkyl halides is 1. The molecule has 0 bridgehead atoms. The van der Waals surface area contributed by atoms with E-state index in [0.29, 0.717) is 4.83 Å². The molecule has 1 atom stereocenters. The van der Waals surface area contributed by atoms with Crippen molar-refractivity contribution in [3.63, 3.8) is 0 Å². The molecule has 3 heteroatoms. The van der Waals surface area contributed by atoms with Crippen molar-refractivity contribution in [2.45, 2.75) is 24.6 Å². The van der Waals surface area contributed by atoms with Crippen molar-refractivity contribution in [1.82, 2.24) is 0 Å². The third-order valence-electron chi connectivity index (χ3n) is 1.50. The Morgan fingerprint density at radius 2 is 2.27 bits per heavy atom. The number of rotatable bonds is 3. The fraction of sp³-hybridized carbons (Fsp3) is 0.500. The molecule has 0 fully saturated rings. The van der Waals surface area contributed by atoms with Crippen LogP contribution in [0.1, 0.15) is 18.9 Å². The molecule has 0 spiro atoms. The van der Waals surface area contributed by atoms with Gasteiger partial charge in [-0.2, -0.15) is 11.3 Å². The van der Waals surface area contributed by atoms with E-state index in [2.05, 4.69) is 49.5 Å². The van der Waals surface area contributed by atoms with Gasteiger partial charge in [-0.1, -0.05) is 22.9 Å². The van der Waals surface area contributed by atoms with Crippen LogP contribution in [0.5, 0.6) is 0 Å². The van der Waals surface area contributed by atoms with Gasteiger partial charge < -0.3 is 0 Å². The average molecular weight is 298 g/mol. The molecule has 1 rings (SSSR count). The number of halogens is 2. The molecular formula is C8H10Br2S. The largest absolute Gasteiger partial charge is 0.151 e. The van der Waals surface area contributed by atoms with E-state index in [1.54, 1.807) is 11.3 Å². The predicted octanol–water partition coefficient (Wildman–Crippen LogP) is 4.23. The van der Waals surface area contributed by atoms with Gasteiger partial charge in [0.05, 0.1) is 0 Å². The Morgan fingerprint density at radius 1 is 1.55 bits per heavy atom. The zero-order valence-corrected chi connectivity index (χ0v) is 10.3. The van der Waals surface area contributed by atoms with E-state index in [1.807, 2.05) is 0 Å². The quantitative estimate of drug-likeness (QED) is 0.733. The summed E-state index contributed by atoms with van der Waals surface area (Å²) in [5.41, 5.74) is 1.43. The first-order chi connectivity index (χ1) is 5.20. The fourth-order valence-corrected chi connectivity index (χ4v) is 2.61. The summed E-state index contributed by atoms with van der Waals surface area (Å²) in [7, 11) is 0. The third kappa shape index (κ3) is 3.26. The number of hydrogen-bond donors (Lipinski definition) is 0. The zero-order chi connectivity index (χ0) is 8.27. The topological polar surface area (TPSA) is 0 Å². The molecular weight excluding hydrogens is 288 g/mol. The first kappa shape index (κ1) is 9.75. The summed E-state index contributed by atoms with van der Waals surface area (Å²) in [6.45, 7) is 2.18. The number of thiophene rings is 1. The summed E-state index contributed by atoms with van der Waals surface area (Å²) in [6.07, 6.45) is 2.37. The minimum Gasteiger partial charge on any atom is -0.151 e. The van der Waals surface area contributed by atoms with Crippen molar-refractivity contribution in [2.24, 2.45) is 0 Å². The van der Waals surface area contributed by atoms with Gasteiger partial charge in [-0.15, -0.1) is 0 Å². The lowest BCUT2D eigenvalue weighted by atomic mass is 10.2. The molecule has 62 valence electrons. The highest BCUT2D eigenvalue weighted by molar-refractivity contribution is 9.10. The van der Waals surface area contributed by atoms with Gasteiger partial charge in [0, 0.05) is 14.7 Å². The fourth-order valence-electron chi connectivity index (χ4n) is 0.841.